The Bertz CT molecular complexity index is 510. The number of hydrogen-bond acceptors (Lipinski definition) is 6. The molecule has 0 radical (unpaired) electrons. The van der Waals surface area contributed by atoms with Gasteiger partial charge in [0, 0.05) is 28.2 Å². The van der Waals surface area contributed by atoms with E-state index in [2.05, 4.69) is 18.9 Å². The van der Waals surface area contributed by atoms with Crippen molar-refractivity contribution in [2.45, 2.75) is 24.4 Å². The fourth-order valence-corrected chi connectivity index (χ4v) is 1.10. The third kappa shape index (κ3) is 8.28. The summed E-state index contributed by atoms with van der Waals surface area (Å²) in [5.74, 6) is 0. The summed E-state index contributed by atoms with van der Waals surface area (Å²) in [6.45, 7) is -4.46. The molecule has 0 aromatic carbocycles. The van der Waals surface area contributed by atoms with Crippen LogP contribution >= 0.6 is 0 Å². The molecule has 0 aromatic heterocycles. The van der Waals surface area contributed by atoms with Crippen molar-refractivity contribution >= 4 is 12.2 Å². The fraction of sp³-hybridized carbons (Fsp3) is 0.833. The SMILES string of the molecule is CN(C)C(=O)OCC(F)(F)OC(F)(F)C(F)(F)OC(F)(F)COC(=O)N(C)C. The molecule has 16 heteroatoms. The van der Waals surface area contributed by atoms with E-state index >= 15 is 0 Å². The van der Waals surface area contributed by atoms with Gasteiger partial charge in [-0.3, -0.25) is 0 Å². The molecule has 0 rings (SSSR count). The van der Waals surface area contributed by atoms with Gasteiger partial charge in [0.1, 0.15) is 0 Å². The molecule has 0 unspecified atom stereocenters. The number of halogens is 8. The van der Waals surface area contributed by atoms with Crippen molar-refractivity contribution in [2.75, 3.05) is 41.4 Å². The van der Waals surface area contributed by atoms with Gasteiger partial charge in [-0.15, -0.1) is 0 Å². The minimum atomic E-state index is -6.30. The Hall–Kier alpha value is -2.10. The Kier molecular flexibility index (Phi) is 8.26. The number of alkyl halides is 8. The molecule has 0 aliphatic heterocycles. The average molecular weight is 436 g/mol. The van der Waals surface area contributed by atoms with Crippen molar-refractivity contribution < 1.29 is 63.7 Å². The third-order valence-electron chi connectivity index (χ3n) is 2.35. The highest BCUT2D eigenvalue weighted by molar-refractivity contribution is 5.67. The number of ether oxygens (including phenoxy) is 4. The van der Waals surface area contributed by atoms with Gasteiger partial charge >= 0.3 is 36.6 Å². The normalized spacial score (nSPS) is 13.1. The molecular weight excluding hydrogens is 420 g/mol. The minimum absolute atomic E-state index is 0.599. The molecule has 166 valence electrons. The molecule has 0 spiro atoms. The Morgan fingerprint density at radius 1 is 0.643 bits per heavy atom. The topological polar surface area (TPSA) is 77.5 Å². The first-order valence-electron chi connectivity index (χ1n) is 6.92. The van der Waals surface area contributed by atoms with Gasteiger partial charge in [-0.05, 0) is 0 Å². The van der Waals surface area contributed by atoms with E-state index in [1.165, 1.54) is 0 Å². The van der Waals surface area contributed by atoms with E-state index in [9.17, 15) is 44.7 Å². The summed E-state index contributed by atoms with van der Waals surface area (Å²) < 4.78 is 119. The molecule has 0 heterocycles. The van der Waals surface area contributed by atoms with E-state index < -0.39 is 49.8 Å². The second kappa shape index (κ2) is 8.93. The van der Waals surface area contributed by atoms with Crippen LogP contribution in [0.5, 0.6) is 0 Å². The van der Waals surface area contributed by atoms with Gasteiger partial charge in [-0.1, -0.05) is 0 Å². The number of carbonyl (C=O) groups is 2. The molecule has 0 bridgehead atoms. The first-order chi connectivity index (χ1) is 12.3. The van der Waals surface area contributed by atoms with E-state index in [1.807, 2.05) is 0 Å². The second-order valence-electron chi connectivity index (χ2n) is 5.41. The van der Waals surface area contributed by atoms with Gasteiger partial charge in [0.05, 0.1) is 0 Å². The third-order valence-corrected chi connectivity index (χ3v) is 2.35. The molecule has 0 N–H and O–H groups in total. The highest BCUT2D eigenvalue weighted by atomic mass is 19.3. The van der Waals surface area contributed by atoms with Gasteiger partial charge < -0.3 is 19.3 Å². The number of carbonyl (C=O) groups excluding carboxylic acids is 2. The van der Waals surface area contributed by atoms with Crippen molar-refractivity contribution in [3.8, 4) is 0 Å². The smallest absolute Gasteiger partial charge is 0.440 e. The molecule has 0 saturated carbocycles. The first kappa shape index (κ1) is 25.9. The van der Waals surface area contributed by atoms with Crippen LogP contribution in [0.25, 0.3) is 0 Å². The van der Waals surface area contributed by atoms with Gasteiger partial charge in [0.25, 0.3) is 0 Å². The maximum Gasteiger partial charge on any atom is 0.453 e. The largest absolute Gasteiger partial charge is 0.453 e. The van der Waals surface area contributed by atoms with Crippen LogP contribution < -0.4 is 0 Å². The molecule has 0 aliphatic rings. The predicted molar refractivity (Wildman–Crippen MR) is 72.0 cm³/mol. The van der Waals surface area contributed by atoms with Gasteiger partial charge in [-0.2, -0.15) is 35.1 Å². The highest BCUT2D eigenvalue weighted by Gasteiger charge is 2.67. The maximum atomic E-state index is 13.3. The number of nitrogens with zero attached hydrogens (tertiary/aromatic N) is 2. The quantitative estimate of drug-likeness (QED) is 0.518. The predicted octanol–water partition coefficient (Wildman–Crippen LogP) is 2.79. The summed E-state index contributed by atoms with van der Waals surface area (Å²) >= 11 is 0. The number of amides is 2. The van der Waals surface area contributed by atoms with Crippen LogP contribution in [0.15, 0.2) is 0 Å². The summed E-state index contributed by atoms with van der Waals surface area (Å²) in [5, 5.41) is 0. The molecule has 0 fully saturated rings. The number of rotatable bonds is 9. The summed E-state index contributed by atoms with van der Waals surface area (Å²) in [7, 11) is 4.12. The van der Waals surface area contributed by atoms with Crippen LogP contribution in [0.2, 0.25) is 0 Å². The van der Waals surface area contributed by atoms with Crippen LogP contribution in [0.3, 0.4) is 0 Å². The summed E-state index contributed by atoms with van der Waals surface area (Å²) in [4.78, 5) is 23.0. The molecule has 0 aromatic rings. The van der Waals surface area contributed by atoms with E-state index in [4.69, 9.17) is 0 Å². The standard InChI is InChI=1S/C12H16F8N2O6/c1-21(2)7(23)25-5-9(13,14)27-11(17,18)12(19,20)28-10(15,16)6-26-8(24)22(3)4/h5-6H2,1-4H3. The average Bonchev–Trinajstić information content (AvgIpc) is 2.47. The van der Waals surface area contributed by atoms with E-state index in [0.29, 0.717) is 9.80 Å². The van der Waals surface area contributed by atoms with Gasteiger partial charge in [0.2, 0.25) is 0 Å². The van der Waals surface area contributed by atoms with E-state index in [-0.39, 0.29) is 0 Å². The Morgan fingerprint density at radius 2 is 0.893 bits per heavy atom. The Balaban J connectivity index is 5.05. The van der Waals surface area contributed by atoms with Gasteiger partial charge in [-0.25, -0.2) is 19.1 Å². The lowest BCUT2D eigenvalue weighted by Gasteiger charge is -2.31. The molecular formula is C12H16F8N2O6. The lowest BCUT2D eigenvalue weighted by atomic mass is 10.5. The zero-order chi connectivity index (χ0) is 22.6. The maximum absolute atomic E-state index is 13.3. The zero-order valence-corrected chi connectivity index (χ0v) is 14.8. The lowest BCUT2D eigenvalue weighted by Crippen LogP contribution is -2.53. The summed E-state index contributed by atoms with van der Waals surface area (Å²) in [6.07, 6.45) is -25.9. The Morgan fingerprint density at radius 3 is 1.11 bits per heavy atom. The summed E-state index contributed by atoms with van der Waals surface area (Å²) in [6, 6.07) is 0. The van der Waals surface area contributed by atoms with E-state index in [1.54, 1.807) is 0 Å². The number of hydrogen-bond donors (Lipinski definition) is 0. The van der Waals surface area contributed by atoms with Crippen molar-refractivity contribution in [3.63, 3.8) is 0 Å². The molecule has 0 atom stereocenters. The lowest BCUT2D eigenvalue weighted by molar-refractivity contribution is -0.515. The highest BCUT2D eigenvalue weighted by Crippen LogP contribution is 2.43. The zero-order valence-electron chi connectivity index (χ0n) is 14.8. The van der Waals surface area contributed by atoms with Crippen molar-refractivity contribution in [1.82, 2.24) is 9.80 Å². The van der Waals surface area contributed by atoms with Gasteiger partial charge in [0.15, 0.2) is 13.2 Å². The van der Waals surface area contributed by atoms with Crippen LogP contribution in [0.4, 0.5) is 44.7 Å². The first-order valence-corrected chi connectivity index (χ1v) is 6.92. The van der Waals surface area contributed by atoms with Crippen LogP contribution in [0.1, 0.15) is 0 Å². The van der Waals surface area contributed by atoms with Crippen molar-refractivity contribution in [3.05, 3.63) is 0 Å². The molecule has 8 nitrogen and oxygen atoms in total. The van der Waals surface area contributed by atoms with Crippen LogP contribution in [-0.4, -0.2) is 87.8 Å². The molecule has 28 heavy (non-hydrogen) atoms. The van der Waals surface area contributed by atoms with E-state index in [0.717, 1.165) is 28.2 Å². The molecule has 0 saturated heterocycles. The molecule has 2 amide bonds. The van der Waals surface area contributed by atoms with Crippen molar-refractivity contribution in [2.24, 2.45) is 0 Å². The molecule has 0 aliphatic carbocycles. The summed E-state index contributed by atoms with van der Waals surface area (Å²) in [5.41, 5.74) is 0. The second-order valence-corrected chi connectivity index (χ2v) is 5.41. The fourth-order valence-electron chi connectivity index (χ4n) is 1.10. The minimum Gasteiger partial charge on any atom is -0.440 e. The van der Waals surface area contributed by atoms with Crippen LogP contribution in [0, 0.1) is 0 Å². The monoisotopic (exact) mass is 436 g/mol. The Labute approximate surface area is 152 Å². The van der Waals surface area contributed by atoms with Crippen molar-refractivity contribution in [1.29, 1.82) is 0 Å². The van der Waals surface area contributed by atoms with Crippen LogP contribution in [-0.2, 0) is 18.9 Å².